The van der Waals surface area contributed by atoms with Gasteiger partial charge in [-0.3, -0.25) is 14.2 Å². The average molecular weight is 505 g/mol. The number of rotatable bonds is 7. The van der Waals surface area contributed by atoms with Gasteiger partial charge in [0.05, 0.1) is 29.0 Å². The van der Waals surface area contributed by atoms with Crippen LogP contribution in [0.5, 0.6) is 11.5 Å². The lowest BCUT2D eigenvalue weighted by atomic mass is 9.96. The standard InChI is InChI=1S/C27H24N2O6S/c1-5-14-34-26(32)23-16(2)28-27-29(24(23)19-8-12-21(13-9-19)35-17(3)30)25(31)22(36-27)15-18-6-10-20(33-4)11-7-18/h5-13,15,24H,1,14H2,2-4H3. The van der Waals surface area contributed by atoms with Crippen molar-refractivity contribution in [2.75, 3.05) is 13.7 Å². The molecule has 8 nitrogen and oxygen atoms in total. The Labute approximate surface area is 211 Å². The van der Waals surface area contributed by atoms with Gasteiger partial charge < -0.3 is 14.2 Å². The van der Waals surface area contributed by atoms with Crippen LogP contribution < -0.4 is 24.4 Å². The molecule has 1 aliphatic rings. The number of benzene rings is 2. The Balaban J connectivity index is 1.87. The molecule has 1 atom stereocenters. The van der Waals surface area contributed by atoms with Gasteiger partial charge in [-0.1, -0.05) is 48.3 Å². The topological polar surface area (TPSA) is 96.2 Å². The molecular formula is C27H24N2O6S. The summed E-state index contributed by atoms with van der Waals surface area (Å²) in [6.45, 7) is 6.64. The van der Waals surface area contributed by atoms with Crippen molar-refractivity contribution in [3.8, 4) is 11.5 Å². The number of aromatic nitrogens is 1. The van der Waals surface area contributed by atoms with Crippen molar-refractivity contribution >= 4 is 29.4 Å². The van der Waals surface area contributed by atoms with Crippen LogP contribution in [-0.2, 0) is 14.3 Å². The summed E-state index contributed by atoms with van der Waals surface area (Å²) < 4.78 is 17.6. The second kappa shape index (κ2) is 10.6. The molecule has 0 spiro atoms. The first kappa shape index (κ1) is 24.9. The maximum Gasteiger partial charge on any atom is 0.338 e. The van der Waals surface area contributed by atoms with Crippen LogP contribution in [0.1, 0.15) is 31.0 Å². The summed E-state index contributed by atoms with van der Waals surface area (Å²) in [6.07, 6.45) is 3.25. The van der Waals surface area contributed by atoms with Gasteiger partial charge in [-0.25, -0.2) is 9.79 Å². The van der Waals surface area contributed by atoms with Gasteiger partial charge in [0, 0.05) is 6.92 Å². The summed E-state index contributed by atoms with van der Waals surface area (Å²) >= 11 is 1.24. The largest absolute Gasteiger partial charge is 0.497 e. The first-order valence-electron chi connectivity index (χ1n) is 11.1. The van der Waals surface area contributed by atoms with E-state index in [2.05, 4.69) is 11.6 Å². The van der Waals surface area contributed by atoms with Gasteiger partial charge in [-0.05, 0) is 48.4 Å². The second-order valence-corrected chi connectivity index (χ2v) is 8.91. The minimum absolute atomic E-state index is 0.0234. The van der Waals surface area contributed by atoms with E-state index in [9.17, 15) is 14.4 Å². The first-order chi connectivity index (χ1) is 17.3. The van der Waals surface area contributed by atoms with Gasteiger partial charge in [0.15, 0.2) is 4.80 Å². The molecule has 0 N–H and O–H groups in total. The van der Waals surface area contributed by atoms with Gasteiger partial charge in [0.25, 0.3) is 5.56 Å². The Kier molecular flexibility index (Phi) is 7.30. The maximum atomic E-state index is 13.6. The molecule has 3 aromatic rings. The number of hydrogen-bond donors (Lipinski definition) is 0. The molecule has 36 heavy (non-hydrogen) atoms. The Morgan fingerprint density at radius 3 is 2.39 bits per heavy atom. The molecule has 0 bridgehead atoms. The van der Waals surface area contributed by atoms with Crippen LogP contribution >= 0.6 is 11.3 Å². The highest BCUT2D eigenvalue weighted by Crippen LogP contribution is 2.31. The van der Waals surface area contributed by atoms with Crippen LogP contribution in [0.25, 0.3) is 6.08 Å². The molecule has 0 aliphatic carbocycles. The van der Waals surface area contributed by atoms with Gasteiger partial charge in [-0.2, -0.15) is 0 Å². The Morgan fingerprint density at radius 1 is 1.11 bits per heavy atom. The molecule has 0 radical (unpaired) electrons. The van der Waals surface area contributed by atoms with Crippen molar-refractivity contribution in [2.24, 2.45) is 4.99 Å². The Hall–Kier alpha value is -4.24. The molecule has 1 unspecified atom stereocenters. The number of esters is 2. The van der Waals surface area contributed by atoms with Gasteiger partial charge in [0.1, 0.15) is 18.1 Å². The van der Waals surface area contributed by atoms with Crippen molar-refractivity contribution in [1.29, 1.82) is 0 Å². The zero-order chi connectivity index (χ0) is 25.8. The van der Waals surface area contributed by atoms with E-state index < -0.39 is 18.0 Å². The van der Waals surface area contributed by atoms with Crippen molar-refractivity contribution < 1.29 is 23.8 Å². The van der Waals surface area contributed by atoms with Gasteiger partial charge >= 0.3 is 11.9 Å². The average Bonchev–Trinajstić information content (AvgIpc) is 3.16. The predicted molar refractivity (Wildman–Crippen MR) is 136 cm³/mol. The number of nitrogens with zero attached hydrogens (tertiary/aromatic N) is 2. The van der Waals surface area contributed by atoms with Gasteiger partial charge in [-0.15, -0.1) is 0 Å². The first-order valence-corrected chi connectivity index (χ1v) is 11.9. The van der Waals surface area contributed by atoms with E-state index in [4.69, 9.17) is 14.2 Å². The van der Waals surface area contributed by atoms with E-state index in [0.29, 0.717) is 32.1 Å². The fourth-order valence-corrected chi connectivity index (χ4v) is 4.89. The van der Waals surface area contributed by atoms with Crippen molar-refractivity contribution in [1.82, 2.24) is 4.57 Å². The maximum absolute atomic E-state index is 13.6. The van der Waals surface area contributed by atoms with E-state index in [1.807, 2.05) is 24.3 Å². The molecule has 4 rings (SSSR count). The Morgan fingerprint density at radius 2 is 1.78 bits per heavy atom. The third-order valence-electron chi connectivity index (χ3n) is 5.44. The van der Waals surface area contributed by atoms with Crippen LogP contribution in [0.4, 0.5) is 0 Å². The van der Waals surface area contributed by atoms with E-state index in [0.717, 1.165) is 5.56 Å². The summed E-state index contributed by atoms with van der Waals surface area (Å²) in [5.74, 6) is 0.0344. The molecule has 184 valence electrons. The molecule has 2 aromatic carbocycles. The highest BCUT2D eigenvalue weighted by Gasteiger charge is 2.33. The fourth-order valence-electron chi connectivity index (χ4n) is 3.85. The summed E-state index contributed by atoms with van der Waals surface area (Å²) in [4.78, 5) is 43.0. The zero-order valence-corrected chi connectivity index (χ0v) is 20.8. The van der Waals surface area contributed by atoms with Crippen LogP contribution in [0.3, 0.4) is 0 Å². The SMILES string of the molecule is C=CCOC(=O)C1=C(C)N=c2sc(=Cc3ccc(OC)cc3)c(=O)n2C1c1ccc(OC(C)=O)cc1. The number of fused-ring (bicyclic) bond motifs is 1. The molecule has 0 fully saturated rings. The molecule has 0 amide bonds. The molecule has 1 aromatic heterocycles. The van der Waals surface area contributed by atoms with Crippen LogP contribution in [0, 0.1) is 0 Å². The minimum Gasteiger partial charge on any atom is -0.497 e. The number of carbonyl (C=O) groups is 2. The third-order valence-corrected chi connectivity index (χ3v) is 6.43. The van der Waals surface area contributed by atoms with Gasteiger partial charge in [0.2, 0.25) is 0 Å². The number of methoxy groups -OCH3 is 1. The summed E-state index contributed by atoms with van der Waals surface area (Å²) in [5, 5.41) is 0. The monoisotopic (exact) mass is 504 g/mol. The molecule has 0 saturated carbocycles. The highest BCUT2D eigenvalue weighted by atomic mass is 32.1. The van der Waals surface area contributed by atoms with E-state index in [-0.39, 0.29) is 17.7 Å². The summed E-state index contributed by atoms with van der Waals surface area (Å²) in [6, 6.07) is 13.2. The molecule has 2 heterocycles. The molecule has 9 heteroatoms. The fraction of sp³-hybridized carbons (Fsp3) is 0.185. The van der Waals surface area contributed by atoms with Crippen LogP contribution in [-0.4, -0.2) is 30.2 Å². The molecule has 0 saturated heterocycles. The quantitative estimate of drug-likeness (QED) is 0.279. The van der Waals surface area contributed by atoms with Crippen molar-refractivity contribution in [3.05, 3.63) is 103 Å². The number of hydrogen-bond acceptors (Lipinski definition) is 8. The number of allylic oxidation sites excluding steroid dienone is 1. The number of carbonyl (C=O) groups excluding carboxylic acids is 2. The number of thiazole rings is 1. The third kappa shape index (κ3) is 5.06. The zero-order valence-electron chi connectivity index (χ0n) is 20.0. The summed E-state index contributed by atoms with van der Waals surface area (Å²) in [7, 11) is 1.59. The second-order valence-electron chi connectivity index (χ2n) is 7.90. The van der Waals surface area contributed by atoms with Crippen molar-refractivity contribution in [2.45, 2.75) is 19.9 Å². The lowest BCUT2D eigenvalue weighted by molar-refractivity contribution is -0.138. The van der Waals surface area contributed by atoms with Crippen LogP contribution in [0.15, 0.2) is 82.2 Å². The lowest BCUT2D eigenvalue weighted by Gasteiger charge is -2.24. The summed E-state index contributed by atoms with van der Waals surface area (Å²) in [5.41, 5.74) is 1.88. The van der Waals surface area contributed by atoms with Crippen LogP contribution in [0.2, 0.25) is 0 Å². The normalized spacial score (nSPS) is 15.1. The lowest BCUT2D eigenvalue weighted by Crippen LogP contribution is -2.39. The molecular weight excluding hydrogens is 480 g/mol. The minimum atomic E-state index is -0.775. The van der Waals surface area contributed by atoms with Crippen molar-refractivity contribution in [3.63, 3.8) is 0 Å². The highest BCUT2D eigenvalue weighted by molar-refractivity contribution is 7.07. The smallest absolute Gasteiger partial charge is 0.338 e. The van der Waals surface area contributed by atoms with E-state index >= 15 is 0 Å². The molecule has 1 aliphatic heterocycles. The van der Waals surface area contributed by atoms with E-state index in [1.54, 1.807) is 44.4 Å². The predicted octanol–water partition coefficient (Wildman–Crippen LogP) is 2.90. The Bertz CT molecular complexity index is 1530. The van der Waals surface area contributed by atoms with E-state index in [1.165, 1.54) is 28.9 Å². The number of ether oxygens (including phenoxy) is 3.